The zero-order valence-corrected chi connectivity index (χ0v) is 11.5. The zero-order chi connectivity index (χ0) is 13.2. The Labute approximate surface area is 112 Å². The third-order valence-electron chi connectivity index (χ3n) is 3.76. The number of rotatable bonds is 4. The number of aromatic nitrogens is 4. The van der Waals surface area contributed by atoms with Gasteiger partial charge >= 0.3 is 0 Å². The van der Waals surface area contributed by atoms with E-state index in [0.29, 0.717) is 6.04 Å². The van der Waals surface area contributed by atoms with Gasteiger partial charge in [0.2, 0.25) is 5.65 Å². The van der Waals surface area contributed by atoms with Crippen molar-refractivity contribution in [2.24, 2.45) is 0 Å². The van der Waals surface area contributed by atoms with Crippen LogP contribution in [0.5, 0.6) is 0 Å². The maximum absolute atomic E-state index is 4.51. The molecular formula is C13H20N6. The third-order valence-corrected chi connectivity index (χ3v) is 3.76. The van der Waals surface area contributed by atoms with E-state index in [4.69, 9.17) is 0 Å². The highest BCUT2D eigenvalue weighted by atomic mass is 15.3. The van der Waals surface area contributed by atoms with Gasteiger partial charge in [0.1, 0.15) is 5.82 Å². The first-order chi connectivity index (χ1) is 9.29. The molecule has 3 heterocycles. The van der Waals surface area contributed by atoms with E-state index in [1.165, 1.54) is 12.8 Å². The zero-order valence-electron chi connectivity index (χ0n) is 11.5. The standard InChI is InChI=1S/C13H20N6/c1-3-18(9-11-5-4-6-14-11)12-13-17-16-10(2)19(13)8-7-15-12/h7-8,11,14H,3-6,9H2,1-2H3. The third kappa shape index (κ3) is 2.28. The summed E-state index contributed by atoms with van der Waals surface area (Å²) in [5.41, 5.74) is 0.847. The van der Waals surface area contributed by atoms with E-state index >= 15 is 0 Å². The van der Waals surface area contributed by atoms with Crippen molar-refractivity contribution < 1.29 is 0 Å². The molecule has 1 fully saturated rings. The molecule has 1 N–H and O–H groups in total. The number of hydrogen-bond donors (Lipinski definition) is 1. The van der Waals surface area contributed by atoms with Gasteiger partial charge in [-0.3, -0.25) is 4.40 Å². The van der Waals surface area contributed by atoms with Crippen molar-refractivity contribution in [3.63, 3.8) is 0 Å². The molecule has 6 heteroatoms. The van der Waals surface area contributed by atoms with Crippen LogP contribution in [0, 0.1) is 6.92 Å². The minimum atomic E-state index is 0.561. The Morgan fingerprint density at radius 3 is 3.11 bits per heavy atom. The molecule has 1 aliphatic rings. The molecule has 0 saturated carbocycles. The fourth-order valence-electron chi connectivity index (χ4n) is 2.70. The van der Waals surface area contributed by atoms with Crippen LogP contribution in [0.1, 0.15) is 25.6 Å². The monoisotopic (exact) mass is 260 g/mol. The van der Waals surface area contributed by atoms with Crippen LogP contribution in [-0.2, 0) is 0 Å². The summed E-state index contributed by atoms with van der Waals surface area (Å²) in [4.78, 5) is 6.79. The molecule has 2 aromatic rings. The lowest BCUT2D eigenvalue weighted by atomic mass is 10.2. The van der Waals surface area contributed by atoms with E-state index in [2.05, 4.69) is 32.3 Å². The van der Waals surface area contributed by atoms with Gasteiger partial charge in [-0.05, 0) is 33.2 Å². The molecule has 0 amide bonds. The van der Waals surface area contributed by atoms with Crippen molar-refractivity contribution in [2.45, 2.75) is 32.7 Å². The topological polar surface area (TPSA) is 58.4 Å². The van der Waals surface area contributed by atoms with Crippen LogP contribution in [-0.4, -0.2) is 45.3 Å². The lowest BCUT2D eigenvalue weighted by molar-refractivity contribution is 0.584. The van der Waals surface area contributed by atoms with E-state index in [0.717, 1.165) is 36.9 Å². The van der Waals surface area contributed by atoms with E-state index in [1.54, 1.807) is 0 Å². The van der Waals surface area contributed by atoms with Crippen molar-refractivity contribution in [1.82, 2.24) is 24.9 Å². The summed E-state index contributed by atoms with van der Waals surface area (Å²) in [6, 6.07) is 0.561. The Kier molecular flexibility index (Phi) is 3.33. The Morgan fingerprint density at radius 2 is 2.37 bits per heavy atom. The minimum absolute atomic E-state index is 0.561. The highest BCUT2D eigenvalue weighted by molar-refractivity contribution is 5.63. The molecule has 0 aliphatic carbocycles. The molecule has 6 nitrogen and oxygen atoms in total. The molecule has 1 saturated heterocycles. The van der Waals surface area contributed by atoms with E-state index in [9.17, 15) is 0 Å². The number of likely N-dealkylation sites (N-methyl/N-ethyl adjacent to an activating group) is 1. The van der Waals surface area contributed by atoms with Crippen LogP contribution in [0.15, 0.2) is 12.4 Å². The fourth-order valence-corrected chi connectivity index (χ4v) is 2.70. The second-order valence-corrected chi connectivity index (χ2v) is 5.02. The van der Waals surface area contributed by atoms with Crippen LogP contribution in [0.2, 0.25) is 0 Å². The molecule has 0 aromatic carbocycles. The predicted molar refractivity (Wildman–Crippen MR) is 74.4 cm³/mol. The summed E-state index contributed by atoms with van der Waals surface area (Å²) < 4.78 is 1.99. The van der Waals surface area contributed by atoms with Crippen LogP contribution in [0.4, 0.5) is 5.82 Å². The first kappa shape index (κ1) is 12.3. The molecule has 102 valence electrons. The summed E-state index contributed by atoms with van der Waals surface area (Å²) in [5, 5.41) is 11.9. The maximum Gasteiger partial charge on any atom is 0.203 e. The molecule has 1 unspecified atom stereocenters. The lowest BCUT2D eigenvalue weighted by Gasteiger charge is -2.25. The number of nitrogens with one attached hydrogen (secondary N) is 1. The normalized spacial score (nSPS) is 19.2. The highest BCUT2D eigenvalue weighted by Gasteiger charge is 2.20. The number of aryl methyl sites for hydroxylation is 1. The van der Waals surface area contributed by atoms with Gasteiger partial charge in [0.15, 0.2) is 5.82 Å². The summed E-state index contributed by atoms with van der Waals surface area (Å²) in [6.07, 6.45) is 6.24. The first-order valence-electron chi connectivity index (χ1n) is 6.94. The number of anilines is 1. The summed E-state index contributed by atoms with van der Waals surface area (Å²) in [5.74, 6) is 1.83. The molecule has 0 bridgehead atoms. The Hall–Kier alpha value is -1.69. The summed E-state index contributed by atoms with van der Waals surface area (Å²) >= 11 is 0. The van der Waals surface area contributed by atoms with Crippen molar-refractivity contribution in [1.29, 1.82) is 0 Å². The molecule has 0 radical (unpaired) electrons. The SMILES string of the molecule is CCN(CC1CCCN1)c1nccn2c(C)nnc12. The van der Waals surface area contributed by atoms with Crippen molar-refractivity contribution in [2.75, 3.05) is 24.5 Å². The van der Waals surface area contributed by atoms with Crippen molar-refractivity contribution in [3.8, 4) is 0 Å². The average Bonchev–Trinajstić information content (AvgIpc) is 3.06. The molecule has 19 heavy (non-hydrogen) atoms. The van der Waals surface area contributed by atoms with E-state index in [-0.39, 0.29) is 0 Å². The Morgan fingerprint density at radius 1 is 1.47 bits per heavy atom. The lowest BCUT2D eigenvalue weighted by Crippen LogP contribution is -2.38. The van der Waals surface area contributed by atoms with E-state index in [1.807, 2.05) is 23.7 Å². The van der Waals surface area contributed by atoms with Gasteiger partial charge in [-0.1, -0.05) is 0 Å². The van der Waals surface area contributed by atoms with Crippen molar-refractivity contribution >= 4 is 11.5 Å². The Bertz CT molecular complexity index is 557. The van der Waals surface area contributed by atoms with Gasteiger partial charge in [0, 0.05) is 31.5 Å². The summed E-state index contributed by atoms with van der Waals surface area (Å²) in [7, 11) is 0. The second-order valence-electron chi connectivity index (χ2n) is 5.02. The number of nitrogens with zero attached hydrogens (tertiary/aromatic N) is 5. The Balaban J connectivity index is 1.91. The number of hydrogen-bond acceptors (Lipinski definition) is 5. The van der Waals surface area contributed by atoms with Crippen LogP contribution >= 0.6 is 0 Å². The van der Waals surface area contributed by atoms with Crippen LogP contribution < -0.4 is 10.2 Å². The van der Waals surface area contributed by atoms with Gasteiger partial charge < -0.3 is 10.2 Å². The van der Waals surface area contributed by atoms with Gasteiger partial charge in [0.25, 0.3) is 0 Å². The van der Waals surface area contributed by atoms with Gasteiger partial charge in [-0.25, -0.2) is 4.98 Å². The van der Waals surface area contributed by atoms with Crippen molar-refractivity contribution in [3.05, 3.63) is 18.2 Å². The maximum atomic E-state index is 4.51. The molecule has 1 aliphatic heterocycles. The van der Waals surface area contributed by atoms with Gasteiger partial charge in [0.05, 0.1) is 0 Å². The first-order valence-corrected chi connectivity index (χ1v) is 6.94. The minimum Gasteiger partial charge on any atom is -0.352 e. The smallest absolute Gasteiger partial charge is 0.203 e. The van der Waals surface area contributed by atoms with Crippen LogP contribution in [0.3, 0.4) is 0 Å². The molecule has 0 spiro atoms. The van der Waals surface area contributed by atoms with E-state index < -0.39 is 0 Å². The van der Waals surface area contributed by atoms with Crippen LogP contribution in [0.25, 0.3) is 5.65 Å². The second kappa shape index (κ2) is 5.13. The highest BCUT2D eigenvalue weighted by Crippen LogP contribution is 2.19. The quantitative estimate of drug-likeness (QED) is 0.889. The van der Waals surface area contributed by atoms with Gasteiger partial charge in [-0.2, -0.15) is 0 Å². The largest absolute Gasteiger partial charge is 0.352 e. The van der Waals surface area contributed by atoms with Gasteiger partial charge in [-0.15, -0.1) is 10.2 Å². The average molecular weight is 260 g/mol. The summed E-state index contributed by atoms with van der Waals surface area (Å²) in [6.45, 7) is 7.15. The molecule has 1 atom stereocenters. The fraction of sp³-hybridized carbons (Fsp3) is 0.615. The predicted octanol–water partition coefficient (Wildman–Crippen LogP) is 1.01. The molecule has 2 aromatic heterocycles. The molecule has 3 rings (SSSR count). The number of fused-ring (bicyclic) bond motifs is 1. The molecular weight excluding hydrogens is 240 g/mol.